The molecule has 2 heterocycles. The van der Waals surface area contributed by atoms with Gasteiger partial charge >= 0.3 is 0 Å². The largest absolute Gasteiger partial charge is 0.351 e. The summed E-state index contributed by atoms with van der Waals surface area (Å²) in [7, 11) is 0. The number of thioether (sulfide) groups is 1. The molecule has 0 saturated carbocycles. The Kier molecular flexibility index (Phi) is 8.77. The van der Waals surface area contributed by atoms with Gasteiger partial charge in [0.1, 0.15) is 0 Å². The molecule has 1 fully saturated rings. The van der Waals surface area contributed by atoms with E-state index in [1.165, 1.54) is 56.1 Å². The van der Waals surface area contributed by atoms with Crippen LogP contribution in [0, 0.1) is 6.92 Å². The van der Waals surface area contributed by atoms with E-state index in [2.05, 4.69) is 75.2 Å². The summed E-state index contributed by atoms with van der Waals surface area (Å²) in [6.07, 6.45) is 5.34. The van der Waals surface area contributed by atoms with Crippen molar-refractivity contribution in [1.29, 1.82) is 0 Å². The number of nitrogens with zero attached hydrogens (tertiary/aromatic N) is 4. The van der Waals surface area contributed by atoms with E-state index in [9.17, 15) is 4.79 Å². The highest BCUT2D eigenvalue weighted by molar-refractivity contribution is 7.99. The maximum absolute atomic E-state index is 12.5. The minimum absolute atomic E-state index is 0.00161. The molecular weight excluding hydrogens is 442 g/mol. The van der Waals surface area contributed by atoms with Crippen molar-refractivity contribution in [3.63, 3.8) is 0 Å². The van der Waals surface area contributed by atoms with E-state index in [0.717, 1.165) is 40.8 Å². The molecule has 0 unspecified atom stereocenters. The molecule has 0 atom stereocenters. The average molecular weight is 478 g/mol. The van der Waals surface area contributed by atoms with E-state index in [1.807, 2.05) is 12.1 Å². The Labute approximate surface area is 207 Å². The van der Waals surface area contributed by atoms with Crippen LogP contribution in [-0.4, -0.2) is 44.4 Å². The summed E-state index contributed by atoms with van der Waals surface area (Å²) in [5.41, 5.74) is 4.70. The Bertz CT molecular complexity index is 1070. The molecule has 180 valence electrons. The first-order valence-corrected chi connectivity index (χ1v) is 13.3. The van der Waals surface area contributed by atoms with Gasteiger partial charge in [0.2, 0.25) is 5.91 Å². The molecule has 2 aromatic carbocycles. The van der Waals surface area contributed by atoms with Crippen LogP contribution in [0.3, 0.4) is 0 Å². The van der Waals surface area contributed by atoms with E-state index in [0.29, 0.717) is 12.3 Å². The van der Waals surface area contributed by atoms with Crippen molar-refractivity contribution in [1.82, 2.24) is 25.0 Å². The monoisotopic (exact) mass is 477 g/mol. The first kappa shape index (κ1) is 24.5. The molecule has 0 spiro atoms. The molecule has 1 saturated heterocycles. The van der Waals surface area contributed by atoms with Crippen molar-refractivity contribution < 1.29 is 4.79 Å². The van der Waals surface area contributed by atoms with E-state index in [-0.39, 0.29) is 5.91 Å². The van der Waals surface area contributed by atoms with Crippen molar-refractivity contribution in [2.24, 2.45) is 0 Å². The number of benzene rings is 2. The summed E-state index contributed by atoms with van der Waals surface area (Å²) in [6.45, 7) is 8.87. The molecule has 1 aliphatic heterocycles. The van der Waals surface area contributed by atoms with Crippen LogP contribution in [0.4, 0.5) is 0 Å². The van der Waals surface area contributed by atoms with Gasteiger partial charge in [-0.1, -0.05) is 73.1 Å². The lowest BCUT2D eigenvalue weighted by molar-refractivity contribution is -0.118. The lowest BCUT2D eigenvalue weighted by Gasteiger charge is -2.19. The molecule has 7 heteroatoms. The molecule has 0 radical (unpaired) electrons. The smallest absolute Gasteiger partial charge is 0.230 e. The second-order valence-corrected chi connectivity index (χ2v) is 9.88. The molecule has 1 amide bonds. The van der Waals surface area contributed by atoms with Crippen LogP contribution in [0.1, 0.15) is 49.3 Å². The van der Waals surface area contributed by atoms with Crippen LogP contribution < -0.4 is 5.32 Å². The van der Waals surface area contributed by atoms with Crippen LogP contribution in [0.2, 0.25) is 0 Å². The number of hydrogen-bond acceptors (Lipinski definition) is 5. The Balaban J connectivity index is 1.26. The molecule has 0 aliphatic carbocycles. The van der Waals surface area contributed by atoms with E-state index in [4.69, 9.17) is 0 Å². The molecule has 34 heavy (non-hydrogen) atoms. The Hall–Kier alpha value is -2.64. The van der Waals surface area contributed by atoms with Crippen LogP contribution >= 0.6 is 11.8 Å². The zero-order valence-corrected chi connectivity index (χ0v) is 21.1. The summed E-state index contributed by atoms with van der Waals surface area (Å²) < 4.78 is 2.07. The Morgan fingerprint density at radius 2 is 1.68 bits per heavy atom. The Morgan fingerprint density at radius 1 is 0.971 bits per heavy atom. The van der Waals surface area contributed by atoms with Gasteiger partial charge in [0.25, 0.3) is 0 Å². The number of likely N-dealkylation sites (tertiary alicyclic amines) is 1. The van der Waals surface area contributed by atoms with Gasteiger partial charge in [0, 0.05) is 25.2 Å². The molecular formula is C27H35N5OS. The van der Waals surface area contributed by atoms with Crippen LogP contribution in [0.25, 0.3) is 11.4 Å². The van der Waals surface area contributed by atoms with Crippen molar-refractivity contribution in [3.05, 3.63) is 65.2 Å². The van der Waals surface area contributed by atoms with Gasteiger partial charge in [-0.2, -0.15) is 0 Å². The van der Waals surface area contributed by atoms with Gasteiger partial charge in [-0.3, -0.25) is 9.69 Å². The fourth-order valence-corrected chi connectivity index (χ4v) is 5.23. The zero-order valence-electron chi connectivity index (χ0n) is 20.3. The molecule has 4 rings (SSSR count). The number of rotatable bonds is 9. The minimum Gasteiger partial charge on any atom is -0.351 e. The first-order chi connectivity index (χ1) is 16.6. The number of aryl methyl sites for hydroxylation is 1. The summed E-state index contributed by atoms with van der Waals surface area (Å²) >= 11 is 1.43. The molecule has 1 N–H and O–H groups in total. The topological polar surface area (TPSA) is 63.1 Å². The zero-order chi connectivity index (χ0) is 23.8. The van der Waals surface area contributed by atoms with Gasteiger partial charge < -0.3 is 9.88 Å². The SMILES string of the molecule is CCn1c(SCC(=O)NCc2ccc(CN3CCCCCC3)cc2)nnc1-c1ccccc1C. The highest BCUT2D eigenvalue weighted by Gasteiger charge is 2.16. The van der Waals surface area contributed by atoms with Crippen molar-refractivity contribution >= 4 is 17.7 Å². The standard InChI is InChI=1S/C27H35N5OS/c1-3-32-26(24-11-7-6-10-21(24)2)29-30-27(32)34-20-25(33)28-18-22-12-14-23(15-13-22)19-31-16-8-4-5-9-17-31/h6-7,10-15H,3-5,8-9,16-20H2,1-2H3,(H,28,33). The van der Waals surface area contributed by atoms with Crippen LogP contribution in [-0.2, 0) is 24.4 Å². The number of aromatic nitrogens is 3. The predicted octanol–water partition coefficient (Wildman–Crippen LogP) is 5.06. The van der Waals surface area contributed by atoms with Gasteiger partial charge in [-0.25, -0.2) is 0 Å². The van der Waals surface area contributed by atoms with Crippen molar-refractivity contribution in [2.75, 3.05) is 18.8 Å². The van der Waals surface area contributed by atoms with E-state index >= 15 is 0 Å². The third-order valence-electron chi connectivity index (χ3n) is 6.37. The summed E-state index contributed by atoms with van der Waals surface area (Å²) in [4.78, 5) is 15.0. The maximum atomic E-state index is 12.5. The molecule has 0 bridgehead atoms. The summed E-state index contributed by atoms with van der Waals surface area (Å²) in [5, 5.41) is 12.6. The number of carbonyl (C=O) groups is 1. The predicted molar refractivity (Wildman–Crippen MR) is 139 cm³/mol. The third kappa shape index (κ3) is 6.48. The normalized spacial score (nSPS) is 14.6. The number of nitrogens with one attached hydrogen (secondary N) is 1. The fourth-order valence-electron chi connectivity index (χ4n) is 4.40. The fraction of sp³-hybridized carbons (Fsp3) is 0.444. The van der Waals surface area contributed by atoms with Crippen molar-refractivity contribution in [3.8, 4) is 11.4 Å². The maximum Gasteiger partial charge on any atom is 0.230 e. The highest BCUT2D eigenvalue weighted by atomic mass is 32.2. The number of amides is 1. The second kappa shape index (κ2) is 12.2. The first-order valence-electron chi connectivity index (χ1n) is 12.3. The highest BCUT2D eigenvalue weighted by Crippen LogP contribution is 2.26. The van der Waals surface area contributed by atoms with Crippen LogP contribution in [0.5, 0.6) is 0 Å². The molecule has 1 aromatic heterocycles. The van der Waals surface area contributed by atoms with Gasteiger partial charge in [-0.15, -0.1) is 10.2 Å². The van der Waals surface area contributed by atoms with E-state index < -0.39 is 0 Å². The van der Waals surface area contributed by atoms with Gasteiger partial charge in [0.15, 0.2) is 11.0 Å². The average Bonchev–Trinajstić information content (AvgIpc) is 3.09. The minimum atomic E-state index is 0.00161. The number of hydrogen-bond donors (Lipinski definition) is 1. The number of carbonyl (C=O) groups excluding carboxylic acids is 1. The molecule has 1 aliphatic rings. The third-order valence-corrected chi connectivity index (χ3v) is 7.34. The van der Waals surface area contributed by atoms with Gasteiger partial charge in [0.05, 0.1) is 5.75 Å². The summed E-state index contributed by atoms with van der Waals surface area (Å²) in [5.74, 6) is 1.17. The molecule has 3 aromatic rings. The molecule has 6 nitrogen and oxygen atoms in total. The van der Waals surface area contributed by atoms with Crippen LogP contribution in [0.15, 0.2) is 53.7 Å². The summed E-state index contributed by atoms with van der Waals surface area (Å²) in [6, 6.07) is 16.8. The lowest BCUT2D eigenvalue weighted by Crippen LogP contribution is -2.25. The second-order valence-electron chi connectivity index (χ2n) is 8.94. The Morgan fingerprint density at radius 3 is 2.38 bits per heavy atom. The van der Waals surface area contributed by atoms with Gasteiger partial charge in [-0.05, 0) is 56.5 Å². The van der Waals surface area contributed by atoms with Crippen molar-refractivity contribution in [2.45, 2.75) is 64.3 Å². The lowest BCUT2D eigenvalue weighted by atomic mass is 10.1. The quantitative estimate of drug-likeness (QED) is 0.437. The van der Waals surface area contributed by atoms with E-state index in [1.54, 1.807) is 0 Å².